The Balaban J connectivity index is 1.41. The van der Waals surface area contributed by atoms with E-state index in [4.69, 9.17) is 5.73 Å². The van der Waals surface area contributed by atoms with Crippen molar-refractivity contribution < 1.29 is 4.79 Å². The zero-order valence-electron chi connectivity index (χ0n) is 12.4. The van der Waals surface area contributed by atoms with E-state index in [9.17, 15) is 4.79 Å². The normalized spacial score (nSPS) is 45.4. The number of carbonyl (C=O) groups excluding carboxylic acids is 1. The van der Waals surface area contributed by atoms with Gasteiger partial charge in [0.15, 0.2) is 0 Å². The fourth-order valence-electron chi connectivity index (χ4n) is 5.96. The second-order valence-corrected chi connectivity index (χ2v) is 7.95. The number of hydrogen-bond acceptors (Lipinski definition) is 2. The lowest BCUT2D eigenvalue weighted by Gasteiger charge is -2.37. The fourth-order valence-corrected chi connectivity index (χ4v) is 5.96. The van der Waals surface area contributed by atoms with Gasteiger partial charge < -0.3 is 11.1 Å². The van der Waals surface area contributed by atoms with Gasteiger partial charge in [-0.2, -0.15) is 0 Å². The lowest BCUT2D eigenvalue weighted by Crippen LogP contribution is -2.58. The maximum atomic E-state index is 12.6. The quantitative estimate of drug-likeness (QED) is 0.814. The van der Waals surface area contributed by atoms with Crippen LogP contribution in [0.4, 0.5) is 0 Å². The SMILES string of the molecule is NC1(C(=O)NC2CC3CC2C2CCCC32)CCCCC1. The van der Waals surface area contributed by atoms with Crippen LogP contribution >= 0.6 is 0 Å². The van der Waals surface area contributed by atoms with Crippen LogP contribution in [0.2, 0.25) is 0 Å². The second kappa shape index (κ2) is 4.72. The first-order valence-corrected chi connectivity index (χ1v) is 8.77. The third kappa shape index (κ3) is 1.93. The average Bonchev–Trinajstić information content (AvgIpc) is 3.11. The monoisotopic (exact) mass is 276 g/mol. The van der Waals surface area contributed by atoms with Gasteiger partial charge in [-0.15, -0.1) is 0 Å². The molecule has 4 saturated carbocycles. The summed E-state index contributed by atoms with van der Waals surface area (Å²) < 4.78 is 0. The second-order valence-electron chi connectivity index (χ2n) is 7.95. The molecular formula is C17H28N2O. The molecule has 0 spiro atoms. The van der Waals surface area contributed by atoms with Gasteiger partial charge in [0, 0.05) is 6.04 Å². The Morgan fingerprint density at radius 3 is 2.50 bits per heavy atom. The third-order valence-electron chi connectivity index (χ3n) is 6.94. The summed E-state index contributed by atoms with van der Waals surface area (Å²) >= 11 is 0. The molecule has 2 bridgehead atoms. The maximum absolute atomic E-state index is 12.6. The van der Waals surface area contributed by atoms with E-state index in [1.165, 1.54) is 38.5 Å². The van der Waals surface area contributed by atoms with Crippen LogP contribution in [-0.2, 0) is 4.79 Å². The largest absolute Gasteiger partial charge is 0.351 e. The van der Waals surface area contributed by atoms with Crippen LogP contribution < -0.4 is 11.1 Å². The Kier molecular flexibility index (Phi) is 3.10. The Bertz CT molecular complexity index is 402. The number of fused-ring (bicyclic) bond motifs is 5. The number of carbonyl (C=O) groups is 1. The van der Waals surface area contributed by atoms with Gasteiger partial charge in [0.2, 0.25) is 5.91 Å². The predicted octanol–water partition coefficient (Wildman–Crippen LogP) is 2.59. The zero-order valence-corrected chi connectivity index (χ0v) is 12.4. The van der Waals surface area contributed by atoms with Gasteiger partial charge in [0.05, 0.1) is 5.54 Å². The maximum Gasteiger partial charge on any atom is 0.240 e. The number of rotatable bonds is 2. The summed E-state index contributed by atoms with van der Waals surface area (Å²) in [7, 11) is 0. The smallest absolute Gasteiger partial charge is 0.240 e. The number of hydrogen-bond donors (Lipinski definition) is 2. The van der Waals surface area contributed by atoms with Crippen molar-refractivity contribution >= 4 is 5.91 Å². The molecule has 0 aromatic rings. The molecule has 4 fully saturated rings. The van der Waals surface area contributed by atoms with Gasteiger partial charge in [0.25, 0.3) is 0 Å². The minimum atomic E-state index is -0.560. The van der Waals surface area contributed by atoms with Crippen molar-refractivity contribution in [2.24, 2.45) is 29.4 Å². The van der Waals surface area contributed by atoms with E-state index in [1.54, 1.807) is 0 Å². The average molecular weight is 276 g/mol. The fraction of sp³-hybridized carbons (Fsp3) is 0.941. The highest BCUT2D eigenvalue weighted by atomic mass is 16.2. The molecule has 4 aliphatic carbocycles. The van der Waals surface area contributed by atoms with Crippen LogP contribution in [0.15, 0.2) is 0 Å². The Labute approximate surface area is 122 Å². The van der Waals surface area contributed by atoms with Crippen LogP contribution in [0.25, 0.3) is 0 Å². The highest BCUT2D eigenvalue weighted by Crippen LogP contribution is 2.58. The number of amides is 1. The molecule has 20 heavy (non-hydrogen) atoms. The molecule has 0 radical (unpaired) electrons. The van der Waals surface area contributed by atoms with Crippen molar-refractivity contribution in [3.8, 4) is 0 Å². The first-order valence-electron chi connectivity index (χ1n) is 8.77. The molecule has 3 heteroatoms. The van der Waals surface area contributed by atoms with Crippen LogP contribution in [0.3, 0.4) is 0 Å². The Hall–Kier alpha value is -0.570. The Morgan fingerprint density at radius 2 is 1.70 bits per heavy atom. The first-order chi connectivity index (χ1) is 9.67. The molecule has 0 saturated heterocycles. The van der Waals surface area contributed by atoms with E-state index in [0.717, 1.165) is 49.4 Å². The molecular weight excluding hydrogens is 248 g/mol. The lowest BCUT2D eigenvalue weighted by atomic mass is 9.78. The van der Waals surface area contributed by atoms with Crippen molar-refractivity contribution in [1.29, 1.82) is 0 Å². The van der Waals surface area contributed by atoms with Crippen LogP contribution in [0, 0.1) is 23.7 Å². The van der Waals surface area contributed by atoms with Crippen molar-refractivity contribution in [3.05, 3.63) is 0 Å². The molecule has 1 amide bonds. The van der Waals surface area contributed by atoms with Crippen molar-refractivity contribution in [2.75, 3.05) is 0 Å². The standard InChI is InChI=1S/C17H28N2O/c18-17(7-2-1-3-8-17)16(20)19-15-10-11-9-14(15)13-6-4-5-12(11)13/h11-15H,1-10,18H2,(H,19,20). The number of nitrogens with two attached hydrogens (primary N) is 1. The molecule has 0 heterocycles. The summed E-state index contributed by atoms with van der Waals surface area (Å²) in [5.41, 5.74) is 5.81. The zero-order chi connectivity index (χ0) is 13.7. The molecule has 0 aromatic heterocycles. The molecule has 3 nitrogen and oxygen atoms in total. The van der Waals surface area contributed by atoms with E-state index in [2.05, 4.69) is 5.32 Å². The van der Waals surface area contributed by atoms with Gasteiger partial charge in [-0.3, -0.25) is 4.79 Å². The molecule has 5 atom stereocenters. The summed E-state index contributed by atoms with van der Waals surface area (Å²) in [5, 5.41) is 3.37. The number of nitrogens with one attached hydrogen (secondary N) is 1. The van der Waals surface area contributed by atoms with E-state index in [0.29, 0.717) is 6.04 Å². The third-order valence-corrected chi connectivity index (χ3v) is 6.94. The molecule has 3 N–H and O–H groups in total. The van der Waals surface area contributed by atoms with Crippen molar-refractivity contribution in [3.63, 3.8) is 0 Å². The van der Waals surface area contributed by atoms with E-state index in [1.807, 2.05) is 0 Å². The van der Waals surface area contributed by atoms with Crippen molar-refractivity contribution in [2.45, 2.75) is 75.8 Å². The van der Waals surface area contributed by atoms with Crippen molar-refractivity contribution in [1.82, 2.24) is 5.32 Å². The molecule has 4 aliphatic rings. The van der Waals surface area contributed by atoms with Crippen LogP contribution in [-0.4, -0.2) is 17.5 Å². The summed E-state index contributed by atoms with van der Waals surface area (Å²) in [5.74, 6) is 3.74. The lowest BCUT2D eigenvalue weighted by molar-refractivity contribution is -0.128. The van der Waals surface area contributed by atoms with Gasteiger partial charge in [0.1, 0.15) is 0 Å². The minimum absolute atomic E-state index is 0.157. The van der Waals surface area contributed by atoms with E-state index >= 15 is 0 Å². The first kappa shape index (κ1) is 13.1. The molecule has 112 valence electrons. The van der Waals surface area contributed by atoms with E-state index < -0.39 is 5.54 Å². The summed E-state index contributed by atoms with van der Waals surface area (Å²) in [6.45, 7) is 0. The van der Waals surface area contributed by atoms with Crippen LogP contribution in [0.1, 0.15) is 64.2 Å². The van der Waals surface area contributed by atoms with Gasteiger partial charge >= 0.3 is 0 Å². The highest BCUT2D eigenvalue weighted by Gasteiger charge is 2.54. The summed E-state index contributed by atoms with van der Waals surface area (Å²) in [6.07, 6.45) is 12.1. The van der Waals surface area contributed by atoms with Crippen LogP contribution in [0.5, 0.6) is 0 Å². The van der Waals surface area contributed by atoms with E-state index in [-0.39, 0.29) is 5.91 Å². The highest BCUT2D eigenvalue weighted by molar-refractivity contribution is 5.86. The Morgan fingerprint density at radius 1 is 0.950 bits per heavy atom. The topological polar surface area (TPSA) is 55.1 Å². The van der Waals surface area contributed by atoms with Gasteiger partial charge in [-0.25, -0.2) is 0 Å². The molecule has 0 aliphatic heterocycles. The molecule has 4 rings (SSSR count). The summed E-state index contributed by atoms with van der Waals surface area (Å²) in [6, 6.07) is 0.439. The molecule has 0 aromatic carbocycles. The van der Waals surface area contributed by atoms with Gasteiger partial charge in [-0.05, 0) is 62.2 Å². The summed E-state index contributed by atoms with van der Waals surface area (Å²) in [4.78, 5) is 12.6. The predicted molar refractivity (Wildman–Crippen MR) is 79.0 cm³/mol. The molecule has 5 unspecified atom stereocenters. The minimum Gasteiger partial charge on any atom is -0.351 e. The van der Waals surface area contributed by atoms with Gasteiger partial charge in [-0.1, -0.05) is 25.7 Å².